The van der Waals surface area contributed by atoms with Crippen LogP contribution in [0.5, 0.6) is 0 Å². The van der Waals surface area contributed by atoms with E-state index < -0.39 is 0 Å². The van der Waals surface area contributed by atoms with Crippen molar-refractivity contribution in [3.8, 4) is 17.5 Å². The van der Waals surface area contributed by atoms with Crippen molar-refractivity contribution in [2.45, 2.75) is 13.5 Å². The predicted molar refractivity (Wildman–Crippen MR) is 82.9 cm³/mol. The maximum Gasteiger partial charge on any atom is 0.181 e. The molecule has 0 spiro atoms. The number of hydrogen-bond acceptors (Lipinski definition) is 5. The zero-order valence-electron chi connectivity index (χ0n) is 11.4. The van der Waals surface area contributed by atoms with E-state index in [9.17, 15) is 0 Å². The molecule has 0 atom stereocenters. The number of aromatic nitrogens is 3. The summed E-state index contributed by atoms with van der Waals surface area (Å²) in [5.41, 5.74) is 1.97. The fourth-order valence-corrected chi connectivity index (χ4v) is 2.71. The molecule has 0 fully saturated rings. The Morgan fingerprint density at radius 1 is 1.33 bits per heavy atom. The van der Waals surface area contributed by atoms with Crippen LogP contribution in [0.2, 0.25) is 0 Å². The lowest BCUT2D eigenvalue weighted by Crippen LogP contribution is -1.97. The second-order valence-electron chi connectivity index (χ2n) is 4.56. The molecule has 0 radical (unpaired) electrons. The SMILES string of the molecule is Cc1nc(-c2cccc(NCc3ccc(C#N)s3)c2)n[nH]1. The van der Waals surface area contributed by atoms with Gasteiger partial charge in [0, 0.05) is 22.7 Å². The molecular formula is C15H13N5S. The normalized spacial score (nSPS) is 10.3. The van der Waals surface area contributed by atoms with Gasteiger partial charge in [0.2, 0.25) is 0 Å². The molecule has 3 aromatic rings. The van der Waals surface area contributed by atoms with Gasteiger partial charge in [0.25, 0.3) is 0 Å². The van der Waals surface area contributed by atoms with Gasteiger partial charge in [-0.1, -0.05) is 12.1 Å². The molecule has 2 heterocycles. The number of thiophene rings is 1. The van der Waals surface area contributed by atoms with Gasteiger partial charge in [0.05, 0.1) is 0 Å². The first kappa shape index (κ1) is 13.3. The third-order valence-corrected chi connectivity index (χ3v) is 3.95. The van der Waals surface area contributed by atoms with Crippen LogP contribution in [-0.4, -0.2) is 15.2 Å². The van der Waals surface area contributed by atoms with Crippen molar-refractivity contribution in [2.24, 2.45) is 0 Å². The molecule has 0 aliphatic carbocycles. The number of H-pyrrole nitrogens is 1. The number of nitriles is 1. The summed E-state index contributed by atoms with van der Waals surface area (Å²) in [6.07, 6.45) is 0. The molecule has 0 amide bonds. The molecule has 0 saturated carbocycles. The van der Waals surface area contributed by atoms with Crippen molar-refractivity contribution >= 4 is 17.0 Å². The highest BCUT2D eigenvalue weighted by molar-refractivity contribution is 7.12. The molecule has 0 aliphatic rings. The van der Waals surface area contributed by atoms with E-state index >= 15 is 0 Å². The standard InChI is InChI=1S/C15H13N5S/c1-10-18-15(20-19-10)11-3-2-4-12(7-11)17-9-14-6-5-13(8-16)21-14/h2-7,17H,9H2,1H3,(H,18,19,20). The average Bonchev–Trinajstić information content (AvgIpc) is 3.14. The number of nitrogens with zero attached hydrogens (tertiary/aromatic N) is 3. The minimum atomic E-state index is 0.694. The highest BCUT2D eigenvalue weighted by Gasteiger charge is 2.05. The molecule has 2 aromatic heterocycles. The van der Waals surface area contributed by atoms with Gasteiger partial charge in [0.1, 0.15) is 16.8 Å². The van der Waals surface area contributed by atoms with E-state index in [-0.39, 0.29) is 0 Å². The molecule has 104 valence electrons. The molecule has 3 rings (SSSR count). The minimum absolute atomic E-state index is 0.694. The number of nitrogens with one attached hydrogen (secondary N) is 2. The fraction of sp³-hybridized carbons (Fsp3) is 0.133. The number of hydrogen-bond donors (Lipinski definition) is 2. The zero-order chi connectivity index (χ0) is 14.7. The fourth-order valence-electron chi connectivity index (χ4n) is 1.96. The molecule has 0 aliphatic heterocycles. The Hall–Kier alpha value is -2.65. The van der Waals surface area contributed by atoms with Gasteiger partial charge >= 0.3 is 0 Å². The van der Waals surface area contributed by atoms with Crippen LogP contribution in [0.15, 0.2) is 36.4 Å². The van der Waals surface area contributed by atoms with Crippen molar-refractivity contribution in [2.75, 3.05) is 5.32 Å². The van der Waals surface area contributed by atoms with E-state index in [1.807, 2.05) is 43.3 Å². The van der Waals surface area contributed by atoms with Gasteiger partial charge in [0.15, 0.2) is 5.82 Å². The van der Waals surface area contributed by atoms with Gasteiger partial charge in [-0.2, -0.15) is 10.4 Å². The third-order valence-electron chi connectivity index (χ3n) is 2.96. The van der Waals surface area contributed by atoms with Crippen LogP contribution in [0.4, 0.5) is 5.69 Å². The second kappa shape index (κ2) is 5.77. The number of aryl methyl sites for hydroxylation is 1. The van der Waals surface area contributed by atoms with Crippen molar-refractivity contribution < 1.29 is 0 Å². The molecule has 5 nitrogen and oxygen atoms in total. The molecule has 0 unspecified atom stereocenters. The van der Waals surface area contributed by atoms with Crippen LogP contribution >= 0.6 is 11.3 Å². The quantitative estimate of drug-likeness (QED) is 0.774. The van der Waals surface area contributed by atoms with Crippen LogP contribution in [0.25, 0.3) is 11.4 Å². The largest absolute Gasteiger partial charge is 0.380 e. The van der Waals surface area contributed by atoms with E-state index in [4.69, 9.17) is 5.26 Å². The molecule has 2 N–H and O–H groups in total. The lowest BCUT2D eigenvalue weighted by Gasteiger charge is -2.05. The first-order valence-electron chi connectivity index (χ1n) is 6.47. The van der Waals surface area contributed by atoms with Gasteiger partial charge in [-0.05, 0) is 31.2 Å². The Labute approximate surface area is 126 Å². The summed E-state index contributed by atoms with van der Waals surface area (Å²) in [5, 5.41) is 19.2. The van der Waals surface area contributed by atoms with Crippen LogP contribution in [0, 0.1) is 18.3 Å². The topological polar surface area (TPSA) is 77.4 Å². The van der Waals surface area contributed by atoms with E-state index in [1.54, 1.807) is 0 Å². The van der Waals surface area contributed by atoms with Gasteiger partial charge in [-0.25, -0.2) is 4.98 Å². The van der Waals surface area contributed by atoms with Crippen molar-refractivity contribution in [3.63, 3.8) is 0 Å². The first-order valence-corrected chi connectivity index (χ1v) is 7.28. The average molecular weight is 295 g/mol. The lowest BCUT2D eigenvalue weighted by atomic mass is 10.2. The Morgan fingerprint density at radius 3 is 2.95 bits per heavy atom. The van der Waals surface area contributed by atoms with E-state index in [0.29, 0.717) is 12.4 Å². The van der Waals surface area contributed by atoms with E-state index in [2.05, 4.69) is 26.6 Å². The highest BCUT2D eigenvalue weighted by Crippen LogP contribution is 2.21. The second-order valence-corrected chi connectivity index (χ2v) is 5.72. The summed E-state index contributed by atoms with van der Waals surface area (Å²) in [5.74, 6) is 1.49. The summed E-state index contributed by atoms with van der Waals surface area (Å²) in [6, 6.07) is 13.9. The molecule has 6 heteroatoms. The molecule has 0 saturated heterocycles. The zero-order valence-corrected chi connectivity index (χ0v) is 12.2. The Bertz CT molecular complexity index is 796. The van der Waals surface area contributed by atoms with Crippen molar-refractivity contribution in [1.29, 1.82) is 5.26 Å². The van der Waals surface area contributed by atoms with Gasteiger partial charge in [-0.3, -0.25) is 5.10 Å². The minimum Gasteiger partial charge on any atom is -0.380 e. The van der Waals surface area contributed by atoms with Crippen LogP contribution < -0.4 is 5.32 Å². The van der Waals surface area contributed by atoms with Crippen molar-refractivity contribution in [3.05, 3.63) is 52.0 Å². The summed E-state index contributed by atoms with van der Waals surface area (Å²) in [7, 11) is 0. The summed E-state index contributed by atoms with van der Waals surface area (Å²) in [6.45, 7) is 2.57. The van der Waals surface area contributed by atoms with Crippen molar-refractivity contribution in [1.82, 2.24) is 15.2 Å². The third kappa shape index (κ3) is 3.09. The first-order chi connectivity index (χ1) is 10.2. The monoisotopic (exact) mass is 295 g/mol. The Balaban J connectivity index is 1.73. The van der Waals surface area contributed by atoms with Crippen LogP contribution in [-0.2, 0) is 6.54 Å². The summed E-state index contributed by atoms with van der Waals surface area (Å²) < 4.78 is 0. The molecule has 1 aromatic carbocycles. The van der Waals surface area contributed by atoms with Crippen LogP contribution in [0.1, 0.15) is 15.6 Å². The van der Waals surface area contributed by atoms with Gasteiger partial charge < -0.3 is 5.32 Å². The Kier molecular flexibility index (Phi) is 3.67. The van der Waals surface area contributed by atoms with E-state index in [1.165, 1.54) is 11.3 Å². The molecule has 21 heavy (non-hydrogen) atoms. The summed E-state index contributed by atoms with van der Waals surface area (Å²) >= 11 is 1.50. The molecule has 0 bridgehead atoms. The summed E-state index contributed by atoms with van der Waals surface area (Å²) in [4.78, 5) is 6.19. The number of rotatable bonds is 4. The smallest absolute Gasteiger partial charge is 0.181 e. The highest BCUT2D eigenvalue weighted by atomic mass is 32.1. The number of aromatic amines is 1. The number of anilines is 1. The maximum absolute atomic E-state index is 8.82. The Morgan fingerprint density at radius 2 is 2.24 bits per heavy atom. The van der Waals surface area contributed by atoms with Crippen LogP contribution in [0.3, 0.4) is 0 Å². The van der Waals surface area contributed by atoms with E-state index in [0.717, 1.165) is 26.8 Å². The lowest BCUT2D eigenvalue weighted by molar-refractivity contribution is 1.04. The molecular weight excluding hydrogens is 282 g/mol. The maximum atomic E-state index is 8.82. The van der Waals surface area contributed by atoms with Gasteiger partial charge in [-0.15, -0.1) is 11.3 Å². The predicted octanol–water partition coefficient (Wildman–Crippen LogP) is 3.33. The number of benzene rings is 1.